The zero-order valence-corrected chi connectivity index (χ0v) is 18.6. The number of guanidine groups is 1. The molecule has 0 fully saturated rings. The number of benzene rings is 1. The Morgan fingerprint density at radius 3 is 2.46 bits per heavy atom. The molecule has 8 heteroatoms. The van der Waals surface area contributed by atoms with Crippen molar-refractivity contribution in [3.05, 3.63) is 29.6 Å². The van der Waals surface area contributed by atoms with Gasteiger partial charge in [0.2, 0.25) is 5.91 Å². The minimum Gasteiger partial charge on any atom is -0.494 e. The van der Waals surface area contributed by atoms with Crippen LogP contribution in [-0.2, 0) is 4.79 Å². The molecule has 0 heterocycles. The summed E-state index contributed by atoms with van der Waals surface area (Å²) in [5.41, 5.74) is 0.760. The highest BCUT2D eigenvalue weighted by atomic mass is 127. The second-order valence-corrected chi connectivity index (χ2v) is 6.17. The largest absolute Gasteiger partial charge is 0.494 e. The number of nitrogens with zero attached hydrogens (tertiary/aromatic N) is 2. The number of ether oxygens (including phenoxy) is 1. The van der Waals surface area contributed by atoms with Crippen LogP contribution in [0.25, 0.3) is 0 Å². The Morgan fingerprint density at radius 2 is 1.96 bits per heavy atom. The van der Waals surface area contributed by atoms with Crippen LogP contribution in [0.2, 0.25) is 0 Å². The SMILES string of the molecule is CCC(C)NC(=NCC(=O)N(C)C)NC(C)c1ccc(OC)c(F)c1.I. The Labute approximate surface area is 172 Å². The molecule has 0 aromatic heterocycles. The third-order valence-corrected chi connectivity index (χ3v) is 3.90. The third-order valence-electron chi connectivity index (χ3n) is 3.90. The second kappa shape index (κ2) is 11.9. The van der Waals surface area contributed by atoms with E-state index >= 15 is 0 Å². The quantitative estimate of drug-likeness (QED) is 0.358. The van der Waals surface area contributed by atoms with E-state index in [0.717, 1.165) is 12.0 Å². The van der Waals surface area contributed by atoms with Crippen molar-refractivity contribution in [1.82, 2.24) is 15.5 Å². The summed E-state index contributed by atoms with van der Waals surface area (Å²) in [4.78, 5) is 17.6. The molecule has 0 aliphatic rings. The molecule has 0 radical (unpaired) electrons. The first-order valence-electron chi connectivity index (χ1n) is 8.39. The first kappa shape index (κ1) is 24.4. The molecule has 1 amide bonds. The maximum absolute atomic E-state index is 13.9. The van der Waals surface area contributed by atoms with Gasteiger partial charge < -0.3 is 20.3 Å². The van der Waals surface area contributed by atoms with Gasteiger partial charge in [-0.3, -0.25) is 4.79 Å². The first-order chi connectivity index (χ1) is 11.8. The fourth-order valence-electron chi connectivity index (χ4n) is 2.00. The predicted molar refractivity (Wildman–Crippen MR) is 114 cm³/mol. The molecule has 1 rings (SSSR count). The van der Waals surface area contributed by atoms with Gasteiger partial charge in [-0.05, 0) is 38.0 Å². The number of amides is 1. The summed E-state index contributed by atoms with van der Waals surface area (Å²) in [5, 5.41) is 6.47. The lowest BCUT2D eigenvalue weighted by molar-refractivity contribution is -0.127. The Kier molecular flexibility index (Phi) is 11.2. The number of methoxy groups -OCH3 is 1. The Morgan fingerprint density at radius 1 is 1.31 bits per heavy atom. The molecule has 6 nitrogen and oxygen atoms in total. The van der Waals surface area contributed by atoms with E-state index in [1.807, 2.05) is 13.8 Å². The molecular weight excluding hydrogens is 450 g/mol. The van der Waals surface area contributed by atoms with Crippen LogP contribution in [0, 0.1) is 5.82 Å². The van der Waals surface area contributed by atoms with Crippen LogP contribution in [0.3, 0.4) is 0 Å². The summed E-state index contributed by atoms with van der Waals surface area (Å²) in [6.45, 7) is 6.04. The van der Waals surface area contributed by atoms with E-state index in [9.17, 15) is 9.18 Å². The topological polar surface area (TPSA) is 66.0 Å². The van der Waals surface area contributed by atoms with E-state index in [2.05, 4.69) is 22.5 Å². The molecule has 26 heavy (non-hydrogen) atoms. The van der Waals surface area contributed by atoms with Gasteiger partial charge in [0, 0.05) is 20.1 Å². The van der Waals surface area contributed by atoms with Crippen LogP contribution in [0.4, 0.5) is 4.39 Å². The minimum absolute atomic E-state index is 0. The summed E-state index contributed by atoms with van der Waals surface area (Å²) >= 11 is 0. The van der Waals surface area contributed by atoms with Crippen molar-refractivity contribution < 1.29 is 13.9 Å². The summed E-state index contributed by atoms with van der Waals surface area (Å²) in [5.74, 6) is 0.227. The van der Waals surface area contributed by atoms with Gasteiger partial charge in [0.25, 0.3) is 0 Å². The number of rotatable bonds is 7. The van der Waals surface area contributed by atoms with Crippen molar-refractivity contribution in [2.45, 2.75) is 39.3 Å². The number of nitrogens with one attached hydrogen (secondary N) is 2. The normalized spacial score (nSPS) is 13.3. The lowest BCUT2D eigenvalue weighted by atomic mass is 10.1. The maximum atomic E-state index is 13.9. The molecule has 1 aromatic carbocycles. The number of carbonyl (C=O) groups is 1. The first-order valence-corrected chi connectivity index (χ1v) is 8.39. The zero-order chi connectivity index (χ0) is 19.0. The molecule has 148 valence electrons. The van der Waals surface area contributed by atoms with E-state index < -0.39 is 5.82 Å². The Hall–Kier alpha value is -1.58. The number of likely N-dealkylation sites (N-methyl/N-ethyl adjacent to an activating group) is 1. The van der Waals surface area contributed by atoms with Gasteiger partial charge in [-0.2, -0.15) is 0 Å². The van der Waals surface area contributed by atoms with Gasteiger partial charge >= 0.3 is 0 Å². The van der Waals surface area contributed by atoms with Crippen LogP contribution in [0.1, 0.15) is 38.8 Å². The molecule has 0 saturated carbocycles. The molecule has 1 aromatic rings. The Bertz CT molecular complexity index is 611. The average molecular weight is 480 g/mol. The van der Waals surface area contributed by atoms with Gasteiger partial charge in [-0.25, -0.2) is 9.38 Å². The number of hydrogen-bond donors (Lipinski definition) is 2. The van der Waals surface area contributed by atoms with Crippen LogP contribution < -0.4 is 15.4 Å². The molecule has 0 spiro atoms. The smallest absolute Gasteiger partial charge is 0.243 e. The monoisotopic (exact) mass is 480 g/mol. The van der Waals surface area contributed by atoms with Gasteiger partial charge in [-0.15, -0.1) is 24.0 Å². The maximum Gasteiger partial charge on any atom is 0.243 e. The summed E-state index contributed by atoms with van der Waals surface area (Å²) in [7, 11) is 4.81. The van der Waals surface area contributed by atoms with Crippen molar-refractivity contribution >= 4 is 35.8 Å². The number of carbonyl (C=O) groups excluding carboxylic acids is 1. The molecule has 0 bridgehead atoms. The van der Waals surface area contributed by atoms with Crippen LogP contribution >= 0.6 is 24.0 Å². The second-order valence-electron chi connectivity index (χ2n) is 6.17. The molecule has 2 unspecified atom stereocenters. The van der Waals surface area contributed by atoms with Gasteiger partial charge in [-0.1, -0.05) is 13.0 Å². The molecule has 0 saturated heterocycles. The third kappa shape index (κ3) is 7.76. The molecule has 2 atom stereocenters. The van der Waals surface area contributed by atoms with Gasteiger partial charge in [0.1, 0.15) is 6.54 Å². The molecule has 2 N–H and O–H groups in total. The van der Waals surface area contributed by atoms with E-state index in [-0.39, 0.29) is 54.3 Å². The molecule has 0 aliphatic heterocycles. The van der Waals surface area contributed by atoms with Crippen LogP contribution in [0.5, 0.6) is 5.75 Å². The van der Waals surface area contributed by atoms with Crippen LogP contribution in [0.15, 0.2) is 23.2 Å². The van der Waals surface area contributed by atoms with Crippen molar-refractivity contribution in [3.63, 3.8) is 0 Å². The van der Waals surface area contributed by atoms with Crippen molar-refractivity contribution in [2.24, 2.45) is 4.99 Å². The fourth-order valence-corrected chi connectivity index (χ4v) is 2.00. The predicted octanol–water partition coefficient (Wildman–Crippen LogP) is 2.94. The summed E-state index contributed by atoms with van der Waals surface area (Å²) < 4.78 is 18.8. The zero-order valence-electron chi connectivity index (χ0n) is 16.3. The number of aliphatic imine (C=N–C) groups is 1. The van der Waals surface area contributed by atoms with E-state index in [4.69, 9.17) is 4.74 Å². The number of hydrogen-bond acceptors (Lipinski definition) is 3. The average Bonchev–Trinajstić information content (AvgIpc) is 2.58. The minimum atomic E-state index is -0.412. The van der Waals surface area contributed by atoms with Gasteiger partial charge in [0.05, 0.1) is 13.2 Å². The van der Waals surface area contributed by atoms with E-state index in [1.165, 1.54) is 18.1 Å². The number of halogens is 2. The molecule has 0 aliphatic carbocycles. The van der Waals surface area contributed by atoms with E-state index in [0.29, 0.717) is 5.96 Å². The van der Waals surface area contributed by atoms with Crippen molar-refractivity contribution in [3.8, 4) is 5.75 Å². The standard InChI is InChI=1S/C18H29FN4O2.HI/c1-7-12(2)21-18(20-11-17(24)23(4)5)22-13(3)14-8-9-16(25-6)15(19)10-14;/h8-10,12-13H,7,11H2,1-6H3,(H2,20,21,22);1H. The Balaban J connectivity index is 0.00000625. The lowest BCUT2D eigenvalue weighted by Gasteiger charge is -2.22. The summed E-state index contributed by atoms with van der Waals surface area (Å²) in [6, 6.07) is 4.83. The molecular formula is C18H30FIN4O2. The lowest BCUT2D eigenvalue weighted by Crippen LogP contribution is -2.43. The highest BCUT2D eigenvalue weighted by Gasteiger charge is 2.13. The highest BCUT2D eigenvalue weighted by molar-refractivity contribution is 14.0. The van der Waals surface area contributed by atoms with Crippen LogP contribution in [-0.4, -0.2) is 50.6 Å². The highest BCUT2D eigenvalue weighted by Crippen LogP contribution is 2.21. The summed E-state index contributed by atoms with van der Waals surface area (Å²) in [6.07, 6.45) is 0.911. The van der Waals surface area contributed by atoms with Crippen molar-refractivity contribution in [2.75, 3.05) is 27.7 Å². The van der Waals surface area contributed by atoms with Gasteiger partial charge in [0.15, 0.2) is 17.5 Å². The van der Waals surface area contributed by atoms with Crippen molar-refractivity contribution in [1.29, 1.82) is 0 Å². The fraction of sp³-hybridized carbons (Fsp3) is 0.556. The van der Waals surface area contributed by atoms with E-state index in [1.54, 1.807) is 26.2 Å².